The summed E-state index contributed by atoms with van der Waals surface area (Å²) in [7, 11) is 0. The van der Waals surface area contributed by atoms with Crippen molar-refractivity contribution in [3.8, 4) is 22.6 Å². The van der Waals surface area contributed by atoms with Gasteiger partial charge >= 0.3 is 0 Å². The van der Waals surface area contributed by atoms with Crippen LogP contribution in [0, 0.1) is 5.82 Å². The second-order valence-corrected chi connectivity index (χ2v) is 8.23. The fourth-order valence-electron chi connectivity index (χ4n) is 3.60. The number of amides is 1. The molecule has 1 amide bonds. The fraction of sp³-hybridized carbons (Fsp3) is 0.130. The normalized spacial score (nSPS) is 12.2. The molecule has 0 atom stereocenters. The van der Waals surface area contributed by atoms with Crippen LogP contribution in [0.15, 0.2) is 52.9 Å². The lowest BCUT2D eigenvalue weighted by atomic mass is 10.1. The van der Waals surface area contributed by atoms with Gasteiger partial charge in [-0.2, -0.15) is 0 Å². The monoisotopic (exact) mass is 465 g/mol. The molecule has 0 saturated heterocycles. The Morgan fingerprint density at radius 1 is 1.18 bits per heavy atom. The number of anilines is 1. The van der Waals surface area contributed by atoms with Crippen LogP contribution in [0.25, 0.3) is 21.3 Å². The number of carbonyl (C=O) groups is 2. The second-order valence-electron chi connectivity index (χ2n) is 7.37. The standard InChI is InChI=1S/C23H16FN3O5S/c1-12(28)15-6-18-19(32-11-31-18)7-17(15)26-20(29)8-27-10-25-22-21(23(27)30)16(9-33-22)13-2-4-14(24)5-3-13/h2-7,9-10H,8,11H2,1H3,(H,26,29). The summed E-state index contributed by atoms with van der Waals surface area (Å²) in [6.45, 7) is 1.09. The van der Waals surface area contributed by atoms with Gasteiger partial charge in [-0.3, -0.25) is 19.0 Å². The zero-order valence-electron chi connectivity index (χ0n) is 17.3. The van der Waals surface area contributed by atoms with Crippen molar-refractivity contribution in [1.29, 1.82) is 0 Å². The van der Waals surface area contributed by atoms with Gasteiger partial charge in [0.05, 0.1) is 17.4 Å². The molecule has 5 rings (SSSR count). The zero-order valence-corrected chi connectivity index (χ0v) is 18.1. The number of carbonyl (C=O) groups excluding carboxylic acids is 2. The molecule has 0 spiro atoms. The predicted molar refractivity (Wildman–Crippen MR) is 120 cm³/mol. The summed E-state index contributed by atoms with van der Waals surface area (Å²) < 4.78 is 25.1. The molecule has 0 radical (unpaired) electrons. The minimum atomic E-state index is -0.516. The first-order valence-corrected chi connectivity index (χ1v) is 10.8. The Labute approximate surface area is 190 Å². The Balaban J connectivity index is 1.45. The maximum absolute atomic E-state index is 13.3. The van der Waals surface area contributed by atoms with E-state index in [0.717, 1.165) is 0 Å². The summed E-state index contributed by atoms with van der Waals surface area (Å²) in [6.07, 6.45) is 1.31. The number of hydrogen-bond donors (Lipinski definition) is 1. The number of ketones is 1. The number of benzene rings is 2. The van der Waals surface area contributed by atoms with Crippen molar-refractivity contribution in [2.75, 3.05) is 12.1 Å². The molecule has 8 nitrogen and oxygen atoms in total. The molecule has 166 valence electrons. The third-order valence-corrected chi connectivity index (χ3v) is 6.08. The minimum absolute atomic E-state index is 0.0299. The molecule has 0 bridgehead atoms. The zero-order chi connectivity index (χ0) is 23.1. The molecule has 2 aromatic heterocycles. The largest absolute Gasteiger partial charge is 0.454 e. The quantitative estimate of drug-likeness (QED) is 0.450. The number of nitrogens with one attached hydrogen (secondary N) is 1. The van der Waals surface area contributed by atoms with Gasteiger partial charge in [-0.25, -0.2) is 9.37 Å². The maximum atomic E-state index is 13.3. The average molecular weight is 465 g/mol. The summed E-state index contributed by atoms with van der Waals surface area (Å²) in [5.41, 5.74) is 1.44. The molecule has 0 aliphatic carbocycles. The minimum Gasteiger partial charge on any atom is -0.454 e. The number of fused-ring (bicyclic) bond motifs is 2. The molecule has 10 heteroatoms. The highest BCUT2D eigenvalue weighted by Crippen LogP contribution is 2.37. The second kappa shape index (κ2) is 8.14. The number of nitrogens with zero attached hydrogens (tertiary/aromatic N) is 2. The molecule has 3 heterocycles. The van der Waals surface area contributed by atoms with E-state index in [-0.39, 0.29) is 36.2 Å². The number of halogens is 1. The van der Waals surface area contributed by atoms with E-state index in [9.17, 15) is 18.8 Å². The SMILES string of the molecule is CC(=O)c1cc2c(cc1NC(=O)Cn1cnc3scc(-c4ccc(F)cc4)c3c1=O)OCO2. The molecule has 2 aromatic carbocycles. The summed E-state index contributed by atoms with van der Waals surface area (Å²) in [5.74, 6) is -0.309. The molecular weight excluding hydrogens is 449 g/mol. The van der Waals surface area contributed by atoms with Crippen LogP contribution in [0.3, 0.4) is 0 Å². The number of thiophene rings is 1. The highest BCUT2D eigenvalue weighted by atomic mass is 32.1. The topological polar surface area (TPSA) is 99.5 Å². The molecule has 33 heavy (non-hydrogen) atoms. The van der Waals surface area contributed by atoms with Crippen molar-refractivity contribution in [2.24, 2.45) is 0 Å². The molecular formula is C23H16FN3O5S. The number of aromatic nitrogens is 2. The molecule has 0 unspecified atom stereocenters. The molecule has 1 aliphatic rings. The summed E-state index contributed by atoms with van der Waals surface area (Å²) in [5, 5.41) is 4.81. The van der Waals surface area contributed by atoms with Crippen LogP contribution >= 0.6 is 11.3 Å². The highest BCUT2D eigenvalue weighted by Gasteiger charge is 2.21. The van der Waals surface area contributed by atoms with Crippen LogP contribution in [0.5, 0.6) is 11.5 Å². The third kappa shape index (κ3) is 3.85. The van der Waals surface area contributed by atoms with E-state index < -0.39 is 11.5 Å². The van der Waals surface area contributed by atoms with Crippen molar-refractivity contribution < 1.29 is 23.5 Å². The van der Waals surface area contributed by atoms with Crippen molar-refractivity contribution in [3.63, 3.8) is 0 Å². The smallest absolute Gasteiger partial charge is 0.263 e. The molecule has 0 fully saturated rings. The van der Waals surface area contributed by atoms with Crippen molar-refractivity contribution in [3.05, 3.63) is 69.8 Å². The molecule has 0 saturated carbocycles. The summed E-state index contributed by atoms with van der Waals surface area (Å²) in [4.78, 5) is 42.8. The lowest BCUT2D eigenvalue weighted by molar-refractivity contribution is -0.116. The van der Waals surface area contributed by atoms with Crippen molar-refractivity contribution >= 4 is 38.9 Å². The average Bonchev–Trinajstić information content (AvgIpc) is 3.42. The summed E-state index contributed by atoms with van der Waals surface area (Å²) in [6, 6.07) is 8.85. The maximum Gasteiger partial charge on any atom is 0.263 e. The van der Waals surface area contributed by atoms with Gasteiger partial charge in [0, 0.05) is 22.6 Å². The lowest BCUT2D eigenvalue weighted by Gasteiger charge is -2.11. The first kappa shape index (κ1) is 20.8. The third-order valence-electron chi connectivity index (χ3n) is 5.20. The highest BCUT2D eigenvalue weighted by molar-refractivity contribution is 7.17. The van der Waals surface area contributed by atoms with Gasteiger partial charge in [0.2, 0.25) is 12.7 Å². The van der Waals surface area contributed by atoms with E-state index >= 15 is 0 Å². The first-order chi connectivity index (χ1) is 15.9. The number of ether oxygens (including phenoxy) is 2. The Morgan fingerprint density at radius 2 is 1.91 bits per heavy atom. The van der Waals surface area contributed by atoms with Gasteiger partial charge in [-0.05, 0) is 30.7 Å². The van der Waals surface area contributed by atoms with Gasteiger partial charge in [-0.15, -0.1) is 11.3 Å². The predicted octanol–water partition coefficient (Wildman–Crippen LogP) is 3.83. The fourth-order valence-corrected chi connectivity index (χ4v) is 4.51. The Morgan fingerprint density at radius 3 is 2.64 bits per heavy atom. The van der Waals surface area contributed by atoms with Crippen LogP contribution in [0.4, 0.5) is 10.1 Å². The lowest BCUT2D eigenvalue weighted by Crippen LogP contribution is -2.28. The van der Waals surface area contributed by atoms with E-state index in [4.69, 9.17) is 9.47 Å². The van der Waals surface area contributed by atoms with Crippen LogP contribution in [-0.4, -0.2) is 28.0 Å². The number of Topliss-reactive ketones (excluding diaryl/α,β-unsaturated/α-hetero) is 1. The molecule has 4 aromatic rings. The first-order valence-electron chi connectivity index (χ1n) is 9.87. The number of rotatable bonds is 5. The van der Waals surface area contributed by atoms with Crippen LogP contribution in [-0.2, 0) is 11.3 Å². The van der Waals surface area contributed by atoms with E-state index in [1.807, 2.05) is 0 Å². The molecule has 1 N–H and O–H groups in total. The Kier molecular flexibility index (Phi) is 5.14. The Hall–Kier alpha value is -4.05. The van der Waals surface area contributed by atoms with E-state index in [0.29, 0.717) is 32.8 Å². The van der Waals surface area contributed by atoms with E-state index in [1.165, 1.54) is 53.4 Å². The Bertz CT molecular complexity index is 1480. The van der Waals surface area contributed by atoms with Gasteiger partial charge in [0.15, 0.2) is 17.3 Å². The summed E-state index contributed by atoms with van der Waals surface area (Å²) >= 11 is 1.29. The van der Waals surface area contributed by atoms with Crippen LogP contribution in [0.2, 0.25) is 0 Å². The van der Waals surface area contributed by atoms with Gasteiger partial charge in [-0.1, -0.05) is 12.1 Å². The van der Waals surface area contributed by atoms with Crippen molar-refractivity contribution in [2.45, 2.75) is 13.5 Å². The number of hydrogen-bond acceptors (Lipinski definition) is 7. The molecule has 1 aliphatic heterocycles. The van der Waals surface area contributed by atoms with Crippen LogP contribution in [0.1, 0.15) is 17.3 Å². The van der Waals surface area contributed by atoms with Gasteiger partial charge < -0.3 is 14.8 Å². The van der Waals surface area contributed by atoms with Crippen LogP contribution < -0.4 is 20.3 Å². The van der Waals surface area contributed by atoms with E-state index in [1.54, 1.807) is 17.5 Å². The van der Waals surface area contributed by atoms with E-state index in [2.05, 4.69) is 10.3 Å². The van der Waals surface area contributed by atoms with Gasteiger partial charge in [0.1, 0.15) is 17.2 Å². The van der Waals surface area contributed by atoms with Gasteiger partial charge in [0.25, 0.3) is 5.56 Å². The van der Waals surface area contributed by atoms with Crippen molar-refractivity contribution in [1.82, 2.24) is 9.55 Å².